The molecule has 5 rings (SSSR count). The van der Waals surface area contributed by atoms with Gasteiger partial charge in [-0.3, -0.25) is 14.7 Å². The van der Waals surface area contributed by atoms with Crippen molar-refractivity contribution in [2.24, 2.45) is 0 Å². The number of carbonyl (C=O) groups is 1. The van der Waals surface area contributed by atoms with Crippen LogP contribution in [0.2, 0.25) is 0 Å². The summed E-state index contributed by atoms with van der Waals surface area (Å²) in [4.78, 5) is 24.5. The van der Waals surface area contributed by atoms with Crippen LogP contribution in [0.15, 0.2) is 71.3 Å². The molecule has 0 aliphatic heterocycles. The number of hydrogen-bond donors (Lipinski definition) is 0. The lowest BCUT2D eigenvalue weighted by molar-refractivity contribution is 0.0960. The molecule has 0 atom stereocenters. The highest BCUT2D eigenvalue weighted by Crippen LogP contribution is 2.34. The number of benzene rings is 2. The van der Waals surface area contributed by atoms with Crippen molar-refractivity contribution in [2.45, 2.75) is 26.8 Å². The number of fused-ring (bicyclic) bond motifs is 2. The lowest BCUT2D eigenvalue weighted by atomic mass is 10.2. The Morgan fingerprint density at radius 2 is 2.00 bits per heavy atom. The van der Waals surface area contributed by atoms with E-state index in [1.54, 1.807) is 17.2 Å². The zero-order chi connectivity index (χ0) is 22.8. The summed E-state index contributed by atoms with van der Waals surface area (Å²) >= 11 is 1.50. The fourth-order valence-electron chi connectivity index (χ4n) is 3.72. The number of anilines is 1. The molecule has 33 heavy (non-hydrogen) atoms. The Kier molecular flexibility index (Phi) is 5.79. The Bertz CT molecular complexity index is 1430. The van der Waals surface area contributed by atoms with Gasteiger partial charge in [-0.2, -0.15) is 0 Å². The minimum atomic E-state index is -0.269. The second-order valence-electron chi connectivity index (χ2n) is 7.58. The van der Waals surface area contributed by atoms with Gasteiger partial charge in [0.15, 0.2) is 22.2 Å². The van der Waals surface area contributed by atoms with Crippen molar-refractivity contribution in [3.63, 3.8) is 0 Å². The SMILES string of the molecule is CCOc1cccc2cc(C(=O)N(Cc3ccccn3)c3nc4ccc(CC)cc4s3)oc12. The molecule has 0 radical (unpaired) electrons. The average Bonchev–Trinajstić information content (AvgIpc) is 3.47. The third-order valence-electron chi connectivity index (χ3n) is 5.39. The quantitative estimate of drug-likeness (QED) is 0.289. The molecule has 0 fully saturated rings. The van der Waals surface area contributed by atoms with Gasteiger partial charge in [-0.25, -0.2) is 4.98 Å². The van der Waals surface area contributed by atoms with E-state index in [9.17, 15) is 4.79 Å². The molecule has 0 bridgehead atoms. The smallest absolute Gasteiger partial charge is 0.296 e. The van der Waals surface area contributed by atoms with E-state index in [4.69, 9.17) is 14.1 Å². The van der Waals surface area contributed by atoms with Gasteiger partial charge >= 0.3 is 0 Å². The number of thiazole rings is 1. The topological polar surface area (TPSA) is 68.5 Å². The van der Waals surface area contributed by atoms with E-state index in [1.165, 1.54) is 16.9 Å². The summed E-state index contributed by atoms with van der Waals surface area (Å²) in [6, 6.07) is 19.3. The van der Waals surface area contributed by atoms with Gasteiger partial charge in [-0.15, -0.1) is 0 Å². The van der Waals surface area contributed by atoms with Crippen LogP contribution in [-0.2, 0) is 13.0 Å². The zero-order valence-corrected chi connectivity index (χ0v) is 19.3. The monoisotopic (exact) mass is 457 g/mol. The number of amides is 1. The molecule has 0 unspecified atom stereocenters. The Balaban J connectivity index is 1.57. The Hall–Kier alpha value is -3.71. The highest BCUT2D eigenvalue weighted by molar-refractivity contribution is 7.22. The molecule has 0 aliphatic rings. The fraction of sp³-hybridized carbons (Fsp3) is 0.192. The highest BCUT2D eigenvalue weighted by atomic mass is 32.1. The number of rotatable bonds is 7. The van der Waals surface area contributed by atoms with E-state index >= 15 is 0 Å². The van der Waals surface area contributed by atoms with Crippen LogP contribution in [0.1, 0.15) is 35.7 Å². The number of aryl methyl sites for hydroxylation is 1. The summed E-state index contributed by atoms with van der Waals surface area (Å²) in [5.74, 6) is 0.591. The number of nitrogens with zero attached hydrogens (tertiary/aromatic N) is 3. The summed E-state index contributed by atoms with van der Waals surface area (Å²) in [7, 11) is 0. The molecule has 0 saturated carbocycles. The molecular weight excluding hydrogens is 434 g/mol. The number of aromatic nitrogens is 2. The second-order valence-corrected chi connectivity index (χ2v) is 8.59. The van der Waals surface area contributed by atoms with E-state index < -0.39 is 0 Å². The zero-order valence-electron chi connectivity index (χ0n) is 18.4. The van der Waals surface area contributed by atoms with Crippen molar-refractivity contribution < 1.29 is 13.9 Å². The first kappa shape index (κ1) is 21.2. The predicted molar refractivity (Wildman–Crippen MR) is 131 cm³/mol. The number of pyridine rings is 1. The van der Waals surface area contributed by atoms with E-state index in [2.05, 4.69) is 24.0 Å². The molecule has 0 saturated heterocycles. The lowest BCUT2D eigenvalue weighted by Crippen LogP contribution is -2.30. The molecule has 0 spiro atoms. The second kappa shape index (κ2) is 9.03. The van der Waals surface area contributed by atoms with Crippen molar-refractivity contribution in [3.05, 3.63) is 83.9 Å². The molecular formula is C26H23N3O3S. The van der Waals surface area contributed by atoms with Crippen LogP contribution in [0.3, 0.4) is 0 Å². The van der Waals surface area contributed by atoms with E-state index in [0.29, 0.717) is 23.1 Å². The van der Waals surface area contributed by atoms with Crippen LogP contribution in [0.5, 0.6) is 5.75 Å². The first-order valence-corrected chi connectivity index (χ1v) is 11.7. The van der Waals surface area contributed by atoms with Crippen LogP contribution >= 0.6 is 11.3 Å². The number of carbonyl (C=O) groups excluding carboxylic acids is 1. The molecule has 2 aromatic carbocycles. The van der Waals surface area contributed by atoms with Crippen LogP contribution < -0.4 is 9.64 Å². The predicted octanol–water partition coefficient (Wildman–Crippen LogP) is 6.25. The first-order chi connectivity index (χ1) is 16.2. The van der Waals surface area contributed by atoms with Gasteiger partial charge in [0, 0.05) is 11.6 Å². The van der Waals surface area contributed by atoms with Crippen molar-refractivity contribution in [3.8, 4) is 5.75 Å². The third-order valence-corrected chi connectivity index (χ3v) is 6.43. The van der Waals surface area contributed by atoms with Crippen LogP contribution in [0.4, 0.5) is 5.13 Å². The van der Waals surface area contributed by atoms with E-state index in [1.807, 2.05) is 49.4 Å². The fourth-order valence-corrected chi connectivity index (χ4v) is 4.74. The number of hydrogen-bond acceptors (Lipinski definition) is 6. The lowest BCUT2D eigenvalue weighted by Gasteiger charge is -2.18. The molecule has 166 valence electrons. The van der Waals surface area contributed by atoms with Gasteiger partial charge in [0.2, 0.25) is 0 Å². The molecule has 7 heteroatoms. The average molecular weight is 458 g/mol. The first-order valence-electron chi connectivity index (χ1n) is 10.9. The van der Waals surface area contributed by atoms with Gasteiger partial charge in [0.05, 0.1) is 29.1 Å². The third kappa shape index (κ3) is 4.19. The minimum Gasteiger partial charge on any atom is -0.490 e. The molecule has 0 N–H and O–H groups in total. The molecule has 3 aromatic heterocycles. The number of para-hydroxylation sites is 1. The van der Waals surface area contributed by atoms with Gasteiger partial charge < -0.3 is 9.15 Å². The number of ether oxygens (including phenoxy) is 1. The largest absolute Gasteiger partial charge is 0.490 e. The van der Waals surface area contributed by atoms with Crippen molar-refractivity contribution in [2.75, 3.05) is 11.5 Å². The normalized spacial score (nSPS) is 11.2. The summed E-state index contributed by atoms with van der Waals surface area (Å²) < 4.78 is 12.7. The summed E-state index contributed by atoms with van der Waals surface area (Å²) in [5.41, 5.74) is 3.44. The van der Waals surface area contributed by atoms with Crippen LogP contribution in [0.25, 0.3) is 21.2 Å². The maximum absolute atomic E-state index is 13.7. The van der Waals surface area contributed by atoms with Crippen LogP contribution in [-0.4, -0.2) is 22.5 Å². The Morgan fingerprint density at radius 1 is 1.09 bits per heavy atom. The summed E-state index contributed by atoms with van der Waals surface area (Å²) in [5, 5.41) is 1.43. The van der Waals surface area contributed by atoms with Crippen LogP contribution in [0, 0.1) is 0 Å². The molecule has 5 aromatic rings. The minimum absolute atomic E-state index is 0.238. The maximum atomic E-state index is 13.7. The summed E-state index contributed by atoms with van der Waals surface area (Å²) in [6.45, 7) is 4.84. The molecule has 3 heterocycles. The van der Waals surface area contributed by atoms with E-state index in [0.717, 1.165) is 27.7 Å². The van der Waals surface area contributed by atoms with Gasteiger partial charge in [-0.05, 0) is 55.3 Å². The van der Waals surface area contributed by atoms with Gasteiger partial charge in [0.1, 0.15) is 0 Å². The van der Waals surface area contributed by atoms with Crippen molar-refractivity contribution >= 4 is 43.6 Å². The molecule has 6 nitrogen and oxygen atoms in total. The Morgan fingerprint density at radius 3 is 2.79 bits per heavy atom. The van der Waals surface area contributed by atoms with Crippen molar-refractivity contribution in [1.29, 1.82) is 0 Å². The standard InChI is InChI=1S/C26H23N3O3S/c1-3-17-11-12-20-23(14-17)33-26(28-20)29(16-19-9-5-6-13-27-19)25(30)22-15-18-8-7-10-21(31-4-2)24(18)32-22/h5-15H,3-4,16H2,1-2H3. The maximum Gasteiger partial charge on any atom is 0.296 e. The summed E-state index contributed by atoms with van der Waals surface area (Å²) in [6.07, 6.45) is 2.67. The molecule has 0 aliphatic carbocycles. The van der Waals surface area contributed by atoms with Crippen molar-refractivity contribution in [1.82, 2.24) is 9.97 Å². The van der Waals surface area contributed by atoms with Gasteiger partial charge in [0.25, 0.3) is 5.91 Å². The Labute approximate surface area is 195 Å². The van der Waals surface area contributed by atoms with Gasteiger partial charge in [-0.1, -0.05) is 42.5 Å². The number of furan rings is 1. The molecule has 1 amide bonds. The van der Waals surface area contributed by atoms with E-state index in [-0.39, 0.29) is 18.2 Å². The highest BCUT2D eigenvalue weighted by Gasteiger charge is 2.26.